The number of carbonyl (C=O) groups is 2. The SMILES string of the molecule is [2H]C([2H])([2H])OC(=O)N/C=C/CCCc1cc([O-])c(C(=O)/C(C)=C/c2cnc(Oc3ccc(-c4ccccc4)cc3)s2)c(=O)o1. The van der Waals surface area contributed by atoms with Crippen molar-refractivity contribution in [3.05, 3.63) is 111 Å². The van der Waals surface area contributed by atoms with Gasteiger partial charge in [-0.3, -0.25) is 10.1 Å². The lowest BCUT2D eigenvalue weighted by Gasteiger charge is -2.12. The number of nitrogens with one attached hydrogen (secondary N) is 1. The second kappa shape index (κ2) is 13.9. The number of ether oxygens (including phenoxy) is 2. The van der Waals surface area contributed by atoms with Gasteiger partial charge in [-0.05, 0) is 60.7 Å². The zero-order valence-corrected chi connectivity index (χ0v) is 22.7. The summed E-state index contributed by atoms with van der Waals surface area (Å²) in [5.74, 6) is -0.784. The van der Waals surface area contributed by atoms with Gasteiger partial charge in [-0.15, -0.1) is 0 Å². The van der Waals surface area contributed by atoms with Crippen LogP contribution in [0.25, 0.3) is 17.2 Å². The molecule has 0 aliphatic carbocycles. The molecule has 4 aromatic rings. The first-order valence-corrected chi connectivity index (χ1v) is 13.3. The van der Waals surface area contributed by atoms with E-state index in [1.54, 1.807) is 6.08 Å². The maximum atomic E-state index is 13.0. The fourth-order valence-electron chi connectivity index (χ4n) is 3.79. The summed E-state index contributed by atoms with van der Waals surface area (Å²) in [6.07, 6.45) is 5.76. The highest BCUT2D eigenvalue weighted by molar-refractivity contribution is 7.14. The van der Waals surface area contributed by atoms with Crippen LogP contribution in [0.4, 0.5) is 4.79 Å². The second-order valence-electron chi connectivity index (χ2n) is 8.75. The molecule has 0 spiro atoms. The Kier molecular flexibility index (Phi) is 8.49. The van der Waals surface area contributed by atoms with Crippen LogP contribution in [0, 0.1) is 0 Å². The number of nitrogens with zero attached hydrogens (tertiary/aromatic N) is 1. The van der Waals surface area contributed by atoms with Gasteiger partial charge in [0.05, 0.1) is 21.6 Å². The number of carbonyl (C=O) groups excluding carboxylic acids is 2. The second-order valence-corrected chi connectivity index (χ2v) is 9.77. The average Bonchev–Trinajstić information content (AvgIpc) is 3.40. The van der Waals surface area contributed by atoms with Gasteiger partial charge in [0.1, 0.15) is 11.5 Å². The number of hydrogen-bond donors (Lipinski definition) is 1. The lowest BCUT2D eigenvalue weighted by molar-refractivity contribution is -0.269. The largest absolute Gasteiger partial charge is 0.872 e. The lowest BCUT2D eigenvalue weighted by atomic mass is 10.0. The standard InChI is InChI=1S/C31H28N2O7S/c1-20(28(35)27-26(34)18-24(39-29(27)36)11-7-4-8-16-32-30(37)38-2)17-25-19-33-31(41-25)40-23-14-12-22(13-15-23)21-9-5-3-6-10-21/h3,5-6,8-10,12-19,34H,4,7,11H2,1-2H3,(H,32,37)/p-1/b16-8+,20-17+/i2D3. The third-order valence-electron chi connectivity index (χ3n) is 5.79. The number of ketones is 1. The van der Waals surface area contributed by atoms with Crippen LogP contribution in [0.3, 0.4) is 0 Å². The molecule has 1 amide bonds. The quantitative estimate of drug-likeness (QED) is 0.129. The maximum Gasteiger partial charge on any atom is 0.410 e. The lowest BCUT2D eigenvalue weighted by Crippen LogP contribution is -2.19. The van der Waals surface area contributed by atoms with Crippen molar-refractivity contribution < 1.29 is 32.7 Å². The summed E-state index contributed by atoms with van der Waals surface area (Å²) >= 11 is 1.20. The number of allylic oxidation sites excluding steroid dienone is 2. The van der Waals surface area contributed by atoms with Gasteiger partial charge in [0.25, 0.3) is 5.19 Å². The Bertz CT molecular complexity index is 1730. The number of amides is 1. The van der Waals surface area contributed by atoms with Crippen molar-refractivity contribution in [2.75, 3.05) is 7.04 Å². The average molecular weight is 575 g/mol. The molecule has 0 radical (unpaired) electrons. The number of unbranched alkanes of at least 4 members (excludes halogenated alkanes) is 1. The maximum absolute atomic E-state index is 13.0. The molecule has 9 nitrogen and oxygen atoms in total. The number of benzene rings is 2. The predicted molar refractivity (Wildman–Crippen MR) is 154 cm³/mol. The van der Waals surface area contributed by atoms with E-state index < -0.39 is 35.9 Å². The van der Waals surface area contributed by atoms with Crippen molar-refractivity contribution in [1.29, 1.82) is 0 Å². The Morgan fingerprint density at radius 3 is 2.63 bits per heavy atom. The summed E-state index contributed by atoms with van der Waals surface area (Å²) in [6, 6.07) is 18.6. The van der Waals surface area contributed by atoms with Crippen LogP contribution in [0.2, 0.25) is 0 Å². The number of thiazole rings is 1. The molecule has 1 N–H and O–H groups in total. The molecule has 0 saturated carbocycles. The van der Waals surface area contributed by atoms with E-state index in [4.69, 9.17) is 13.3 Å². The highest BCUT2D eigenvalue weighted by Crippen LogP contribution is 2.30. The number of rotatable bonds is 11. The molecule has 0 fully saturated rings. The topological polar surface area (TPSA) is 131 Å². The van der Waals surface area contributed by atoms with Crippen molar-refractivity contribution in [1.82, 2.24) is 10.3 Å². The van der Waals surface area contributed by atoms with Gasteiger partial charge in [0.15, 0.2) is 5.78 Å². The monoisotopic (exact) mass is 574 g/mol. The van der Waals surface area contributed by atoms with E-state index in [2.05, 4.69) is 15.0 Å². The number of aryl methyl sites for hydroxylation is 1. The molecule has 2 heterocycles. The number of aromatic nitrogens is 1. The summed E-state index contributed by atoms with van der Waals surface area (Å²) < 4.78 is 35.7. The summed E-state index contributed by atoms with van der Waals surface area (Å²) in [7, 11) is -2.84. The number of alkyl carbamates (subject to hydrolysis) is 1. The zero-order chi connectivity index (χ0) is 31.7. The van der Waals surface area contributed by atoms with Gasteiger partial charge in [-0.1, -0.05) is 65.6 Å². The Morgan fingerprint density at radius 2 is 1.90 bits per heavy atom. The molecule has 0 unspecified atom stereocenters. The van der Waals surface area contributed by atoms with E-state index in [1.165, 1.54) is 36.7 Å². The molecule has 0 atom stereocenters. The van der Waals surface area contributed by atoms with Crippen LogP contribution in [-0.2, 0) is 11.2 Å². The first-order chi connectivity index (χ1) is 21.0. The van der Waals surface area contributed by atoms with Crippen LogP contribution < -0.4 is 20.8 Å². The minimum atomic E-state index is -2.84. The predicted octanol–water partition coefficient (Wildman–Crippen LogP) is 6.11. The van der Waals surface area contributed by atoms with Crippen LogP contribution in [-0.4, -0.2) is 23.9 Å². The third kappa shape index (κ3) is 8.02. The normalized spacial score (nSPS) is 12.8. The molecule has 0 aliphatic rings. The molecule has 0 aliphatic heterocycles. The molecular formula is C31H27N2O7S-. The van der Waals surface area contributed by atoms with Gasteiger partial charge in [0.2, 0.25) is 0 Å². The van der Waals surface area contributed by atoms with E-state index >= 15 is 0 Å². The van der Waals surface area contributed by atoms with Gasteiger partial charge < -0.3 is 19.0 Å². The van der Waals surface area contributed by atoms with Gasteiger partial charge in [-0.25, -0.2) is 14.6 Å². The highest BCUT2D eigenvalue weighted by Gasteiger charge is 2.17. The minimum absolute atomic E-state index is 0.113. The smallest absolute Gasteiger partial charge is 0.410 e. The van der Waals surface area contributed by atoms with E-state index in [0.717, 1.165) is 17.2 Å². The molecule has 0 bridgehead atoms. The molecule has 0 saturated heterocycles. The van der Waals surface area contributed by atoms with Crippen LogP contribution in [0.1, 0.15) is 44.9 Å². The zero-order valence-electron chi connectivity index (χ0n) is 24.9. The minimum Gasteiger partial charge on any atom is -0.872 e. The van der Waals surface area contributed by atoms with Crippen LogP contribution in [0.5, 0.6) is 16.7 Å². The van der Waals surface area contributed by atoms with Gasteiger partial charge in [0, 0.05) is 18.8 Å². The summed E-state index contributed by atoms with van der Waals surface area (Å²) in [6.45, 7) is 1.49. The molecule has 210 valence electrons. The van der Waals surface area contributed by atoms with Gasteiger partial charge >= 0.3 is 11.7 Å². The Balaban J connectivity index is 1.32. The number of Topliss-reactive ketones (excluding diaryl/α,β-unsaturated/α-hetero) is 1. The summed E-state index contributed by atoms with van der Waals surface area (Å²) in [5, 5.41) is 15.2. The van der Waals surface area contributed by atoms with E-state index in [-0.39, 0.29) is 17.8 Å². The van der Waals surface area contributed by atoms with Crippen molar-refractivity contribution in [3.63, 3.8) is 0 Å². The highest BCUT2D eigenvalue weighted by atomic mass is 32.1. The molecule has 2 aromatic carbocycles. The third-order valence-corrected chi connectivity index (χ3v) is 6.61. The van der Waals surface area contributed by atoms with E-state index in [0.29, 0.717) is 28.7 Å². The Morgan fingerprint density at radius 1 is 1.15 bits per heavy atom. The Hall–Kier alpha value is -4.96. The number of hydrogen-bond acceptors (Lipinski definition) is 9. The number of methoxy groups -OCH3 is 1. The van der Waals surface area contributed by atoms with Gasteiger partial charge in [-0.2, -0.15) is 0 Å². The van der Waals surface area contributed by atoms with E-state index in [9.17, 15) is 19.5 Å². The molecular weight excluding hydrogens is 544 g/mol. The van der Waals surface area contributed by atoms with Crippen LogP contribution in [0.15, 0.2) is 93.9 Å². The van der Waals surface area contributed by atoms with Crippen molar-refractivity contribution in [2.24, 2.45) is 0 Å². The fourth-order valence-corrected chi connectivity index (χ4v) is 4.57. The van der Waals surface area contributed by atoms with Crippen LogP contribution >= 0.6 is 11.3 Å². The van der Waals surface area contributed by atoms with Crippen molar-refractivity contribution >= 4 is 29.3 Å². The first-order valence-electron chi connectivity index (χ1n) is 14.0. The molecule has 2 aromatic heterocycles. The summed E-state index contributed by atoms with van der Waals surface area (Å²) in [5.41, 5.74) is 0.678. The Labute approximate surface area is 244 Å². The molecule has 41 heavy (non-hydrogen) atoms. The fraction of sp³-hybridized carbons (Fsp3) is 0.161. The van der Waals surface area contributed by atoms with E-state index in [1.807, 2.05) is 54.6 Å². The van der Waals surface area contributed by atoms with Crippen molar-refractivity contribution in [3.8, 4) is 27.8 Å². The first kappa shape index (κ1) is 25.0. The molecule has 4 rings (SSSR count). The molecule has 10 heteroatoms. The van der Waals surface area contributed by atoms with Crippen molar-refractivity contribution in [2.45, 2.75) is 26.2 Å². The summed E-state index contributed by atoms with van der Waals surface area (Å²) in [4.78, 5) is 41.6.